The van der Waals surface area contributed by atoms with Gasteiger partial charge in [-0.2, -0.15) is 0 Å². The minimum atomic E-state index is 0.0280. The molecule has 6 nitrogen and oxygen atoms in total. The van der Waals surface area contributed by atoms with E-state index in [-0.39, 0.29) is 17.2 Å². The van der Waals surface area contributed by atoms with Crippen LogP contribution < -0.4 is 5.32 Å². The molecule has 0 aliphatic carbocycles. The Hall–Kier alpha value is -1.82. The second-order valence-corrected chi connectivity index (χ2v) is 5.66. The maximum Gasteiger partial charge on any atom is 0.229 e. The van der Waals surface area contributed by atoms with Crippen LogP contribution in [-0.4, -0.2) is 26.7 Å². The normalized spacial score (nSPS) is 17.5. The Morgan fingerprint density at radius 1 is 1.62 bits per heavy atom. The lowest BCUT2D eigenvalue weighted by Gasteiger charge is -2.24. The van der Waals surface area contributed by atoms with Gasteiger partial charge in [0.25, 0.3) is 0 Å². The Balaban J connectivity index is 1.51. The molecular weight excluding hydrogens is 292 g/mol. The molecule has 0 saturated heterocycles. The number of hydrogen-bond donors (Lipinski definition) is 1. The molecule has 1 amide bonds. The standard InChI is InChI=1S/C14H17ClN4O2/c1-9-11(14(15)21-18-9)3-5-13(20)17-10-2-4-12-16-6-7-19(12)8-10/h6-7,10H,2-5,8H2,1H3,(H,17,20). The first-order chi connectivity index (χ1) is 10.1. The summed E-state index contributed by atoms with van der Waals surface area (Å²) >= 11 is 5.89. The molecule has 0 aromatic carbocycles. The highest BCUT2D eigenvalue weighted by atomic mass is 35.5. The zero-order valence-electron chi connectivity index (χ0n) is 11.8. The highest BCUT2D eigenvalue weighted by molar-refractivity contribution is 6.29. The van der Waals surface area contributed by atoms with Gasteiger partial charge in [-0.05, 0) is 31.4 Å². The van der Waals surface area contributed by atoms with Crippen molar-refractivity contribution >= 4 is 17.5 Å². The number of hydrogen-bond acceptors (Lipinski definition) is 4. The van der Waals surface area contributed by atoms with E-state index in [1.807, 2.05) is 13.1 Å². The Bertz CT molecular complexity index is 630. The van der Waals surface area contributed by atoms with Crippen molar-refractivity contribution in [1.82, 2.24) is 20.0 Å². The van der Waals surface area contributed by atoms with Crippen molar-refractivity contribution in [3.8, 4) is 0 Å². The molecule has 7 heteroatoms. The lowest BCUT2D eigenvalue weighted by molar-refractivity contribution is -0.122. The maximum atomic E-state index is 12.0. The van der Waals surface area contributed by atoms with Crippen molar-refractivity contribution in [3.63, 3.8) is 0 Å². The summed E-state index contributed by atoms with van der Waals surface area (Å²) in [5.41, 5.74) is 1.56. The van der Waals surface area contributed by atoms with Crippen molar-refractivity contribution in [2.45, 2.75) is 45.2 Å². The number of carbonyl (C=O) groups excluding carboxylic acids is 1. The van der Waals surface area contributed by atoms with Gasteiger partial charge in [0.2, 0.25) is 11.1 Å². The van der Waals surface area contributed by atoms with Crippen LogP contribution in [-0.2, 0) is 24.2 Å². The summed E-state index contributed by atoms with van der Waals surface area (Å²) in [6.07, 6.45) is 6.51. The molecule has 3 heterocycles. The minimum absolute atomic E-state index is 0.0280. The van der Waals surface area contributed by atoms with Crippen molar-refractivity contribution in [3.05, 3.63) is 34.7 Å². The molecule has 0 spiro atoms. The fourth-order valence-corrected chi connectivity index (χ4v) is 2.93. The predicted octanol–water partition coefficient (Wildman–Crippen LogP) is 1.90. The zero-order chi connectivity index (χ0) is 14.8. The molecule has 0 fully saturated rings. The Kier molecular flexibility index (Phi) is 3.96. The number of carbonyl (C=O) groups is 1. The maximum absolute atomic E-state index is 12.0. The van der Waals surface area contributed by atoms with Crippen LogP contribution in [0.15, 0.2) is 16.9 Å². The summed E-state index contributed by atoms with van der Waals surface area (Å²) in [4.78, 5) is 16.3. The molecule has 112 valence electrons. The molecule has 1 aliphatic rings. The third kappa shape index (κ3) is 3.10. The monoisotopic (exact) mass is 308 g/mol. The van der Waals surface area contributed by atoms with E-state index in [1.54, 1.807) is 6.20 Å². The third-order valence-corrected chi connectivity index (χ3v) is 4.14. The van der Waals surface area contributed by atoms with Gasteiger partial charge in [-0.3, -0.25) is 4.79 Å². The van der Waals surface area contributed by atoms with Crippen LogP contribution in [0.2, 0.25) is 5.22 Å². The molecule has 3 rings (SSSR count). The van der Waals surface area contributed by atoms with E-state index < -0.39 is 0 Å². The predicted molar refractivity (Wildman–Crippen MR) is 77.0 cm³/mol. The third-order valence-electron chi connectivity index (χ3n) is 3.84. The lowest BCUT2D eigenvalue weighted by atomic mass is 10.1. The fourth-order valence-electron chi connectivity index (χ4n) is 2.66. The summed E-state index contributed by atoms with van der Waals surface area (Å²) < 4.78 is 6.97. The van der Waals surface area contributed by atoms with Crippen LogP contribution in [0.25, 0.3) is 0 Å². The van der Waals surface area contributed by atoms with Gasteiger partial charge in [0.15, 0.2) is 0 Å². The molecule has 1 unspecified atom stereocenters. The molecule has 21 heavy (non-hydrogen) atoms. The number of nitrogens with zero attached hydrogens (tertiary/aromatic N) is 3. The summed E-state index contributed by atoms with van der Waals surface area (Å²) in [5, 5.41) is 7.13. The average Bonchev–Trinajstić information content (AvgIpc) is 3.04. The lowest BCUT2D eigenvalue weighted by Crippen LogP contribution is -2.41. The SMILES string of the molecule is Cc1noc(Cl)c1CCC(=O)NC1CCc2nccn2C1. The van der Waals surface area contributed by atoms with Crippen LogP contribution in [0, 0.1) is 6.92 Å². The zero-order valence-corrected chi connectivity index (χ0v) is 12.6. The number of rotatable bonds is 4. The number of amides is 1. The minimum Gasteiger partial charge on any atom is -0.352 e. The van der Waals surface area contributed by atoms with Gasteiger partial charge in [-0.25, -0.2) is 4.98 Å². The number of fused-ring (bicyclic) bond motifs is 1. The molecule has 1 N–H and O–H groups in total. The molecule has 0 radical (unpaired) electrons. The first-order valence-electron chi connectivity index (χ1n) is 7.03. The number of imidazole rings is 1. The van der Waals surface area contributed by atoms with Crippen molar-refractivity contribution < 1.29 is 9.32 Å². The van der Waals surface area contributed by atoms with Crippen molar-refractivity contribution in [2.75, 3.05) is 0 Å². The first kappa shape index (κ1) is 14.1. The van der Waals surface area contributed by atoms with Crippen LogP contribution in [0.5, 0.6) is 0 Å². The number of aryl methyl sites for hydroxylation is 2. The molecule has 0 bridgehead atoms. The highest BCUT2D eigenvalue weighted by Crippen LogP contribution is 2.20. The Morgan fingerprint density at radius 2 is 2.48 bits per heavy atom. The number of halogens is 1. The molecular formula is C14H17ClN4O2. The van der Waals surface area contributed by atoms with E-state index in [1.165, 1.54) is 0 Å². The summed E-state index contributed by atoms with van der Waals surface area (Å²) in [6, 6.07) is 0.165. The van der Waals surface area contributed by atoms with E-state index in [4.69, 9.17) is 16.1 Å². The average molecular weight is 309 g/mol. The second-order valence-electron chi connectivity index (χ2n) is 5.32. The quantitative estimate of drug-likeness (QED) is 0.936. The summed E-state index contributed by atoms with van der Waals surface area (Å²) in [6.45, 7) is 2.61. The molecule has 1 atom stereocenters. The number of nitrogens with one attached hydrogen (secondary N) is 1. The van der Waals surface area contributed by atoms with E-state index in [0.717, 1.165) is 36.5 Å². The van der Waals surface area contributed by atoms with Crippen LogP contribution in [0.1, 0.15) is 29.9 Å². The summed E-state index contributed by atoms with van der Waals surface area (Å²) in [7, 11) is 0. The molecule has 2 aromatic heterocycles. The highest BCUT2D eigenvalue weighted by Gasteiger charge is 2.20. The fraction of sp³-hybridized carbons (Fsp3) is 0.500. The van der Waals surface area contributed by atoms with Crippen molar-refractivity contribution in [2.24, 2.45) is 0 Å². The van der Waals surface area contributed by atoms with Gasteiger partial charge in [0, 0.05) is 43.4 Å². The van der Waals surface area contributed by atoms with Gasteiger partial charge < -0.3 is 14.4 Å². The van der Waals surface area contributed by atoms with E-state index in [0.29, 0.717) is 12.8 Å². The topological polar surface area (TPSA) is 73.0 Å². The number of aromatic nitrogens is 3. The molecule has 0 saturated carbocycles. The van der Waals surface area contributed by atoms with Gasteiger partial charge in [-0.15, -0.1) is 0 Å². The molecule has 2 aromatic rings. The first-order valence-corrected chi connectivity index (χ1v) is 7.41. The smallest absolute Gasteiger partial charge is 0.229 e. The van der Waals surface area contributed by atoms with Crippen molar-refractivity contribution in [1.29, 1.82) is 0 Å². The van der Waals surface area contributed by atoms with Crippen LogP contribution in [0.4, 0.5) is 0 Å². The summed E-state index contributed by atoms with van der Waals surface area (Å²) in [5.74, 6) is 1.12. The Labute approximate surface area is 127 Å². The van der Waals surface area contributed by atoms with E-state index in [9.17, 15) is 4.79 Å². The van der Waals surface area contributed by atoms with Gasteiger partial charge in [0.05, 0.1) is 5.69 Å². The van der Waals surface area contributed by atoms with Crippen LogP contribution >= 0.6 is 11.6 Å². The van der Waals surface area contributed by atoms with E-state index in [2.05, 4.69) is 20.0 Å². The molecule has 1 aliphatic heterocycles. The Morgan fingerprint density at radius 3 is 3.24 bits per heavy atom. The largest absolute Gasteiger partial charge is 0.352 e. The van der Waals surface area contributed by atoms with Gasteiger partial charge in [0.1, 0.15) is 5.82 Å². The second kappa shape index (κ2) is 5.89. The van der Waals surface area contributed by atoms with Gasteiger partial charge in [-0.1, -0.05) is 5.16 Å². The van der Waals surface area contributed by atoms with Crippen LogP contribution in [0.3, 0.4) is 0 Å². The van der Waals surface area contributed by atoms with Gasteiger partial charge >= 0.3 is 0 Å². The van der Waals surface area contributed by atoms with E-state index >= 15 is 0 Å².